The summed E-state index contributed by atoms with van der Waals surface area (Å²) in [4.78, 5) is 28.9. The van der Waals surface area contributed by atoms with Gasteiger partial charge in [-0.1, -0.05) is 11.8 Å². The number of carbonyl (C=O) groups is 2. The lowest BCUT2D eigenvalue weighted by atomic mass is 10.1. The third-order valence-corrected chi connectivity index (χ3v) is 5.68. The van der Waals surface area contributed by atoms with Crippen molar-refractivity contribution in [2.75, 3.05) is 17.7 Å². The molecule has 0 fully saturated rings. The molecule has 158 valence electrons. The summed E-state index contributed by atoms with van der Waals surface area (Å²) >= 11 is 2.31. The van der Waals surface area contributed by atoms with E-state index in [0.717, 1.165) is 17.3 Å². The van der Waals surface area contributed by atoms with Gasteiger partial charge in [0.1, 0.15) is 16.3 Å². The van der Waals surface area contributed by atoms with Crippen LogP contribution in [-0.2, 0) is 9.53 Å². The van der Waals surface area contributed by atoms with E-state index in [-0.39, 0.29) is 29.1 Å². The average Bonchev–Trinajstić information content (AvgIpc) is 3.53. The van der Waals surface area contributed by atoms with E-state index in [4.69, 9.17) is 13.6 Å². The van der Waals surface area contributed by atoms with Crippen LogP contribution in [0.25, 0.3) is 22.8 Å². The van der Waals surface area contributed by atoms with E-state index >= 15 is 0 Å². The molecule has 0 spiro atoms. The summed E-state index contributed by atoms with van der Waals surface area (Å²) in [6.45, 7) is 1.93. The summed E-state index contributed by atoms with van der Waals surface area (Å²) in [5.41, 5.74) is 1.56. The number of amides is 1. The number of hydrogen-bond acceptors (Lipinski definition) is 10. The SMILES string of the molecule is CCOC(=O)c1c(-c2ccco2)csc1NC(=O)CSc1nnc(-c2ccncc2)o1. The smallest absolute Gasteiger partial charge is 0.341 e. The van der Waals surface area contributed by atoms with Gasteiger partial charge in [0.05, 0.1) is 18.6 Å². The first-order valence-corrected chi connectivity index (χ1v) is 11.0. The molecule has 0 saturated heterocycles. The summed E-state index contributed by atoms with van der Waals surface area (Å²) < 4.78 is 16.1. The second kappa shape index (κ2) is 9.58. The number of anilines is 1. The van der Waals surface area contributed by atoms with E-state index in [1.54, 1.807) is 49.0 Å². The lowest BCUT2D eigenvalue weighted by molar-refractivity contribution is -0.113. The summed E-state index contributed by atoms with van der Waals surface area (Å²) in [7, 11) is 0. The summed E-state index contributed by atoms with van der Waals surface area (Å²) in [6.07, 6.45) is 4.76. The fourth-order valence-corrected chi connectivity index (χ4v) is 4.15. The van der Waals surface area contributed by atoms with Crippen LogP contribution in [0.5, 0.6) is 0 Å². The lowest BCUT2D eigenvalue weighted by Crippen LogP contribution is -2.16. The Kier molecular flexibility index (Phi) is 6.43. The van der Waals surface area contributed by atoms with Crippen LogP contribution >= 0.6 is 23.1 Å². The van der Waals surface area contributed by atoms with Crippen molar-refractivity contribution in [3.63, 3.8) is 0 Å². The second-order valence-electron chi connectivity index (χ2n) is 6.00. The molecule has 31 heavy (non-hydrogen) atoms. The normalized spacial score (nSPS) is 10.7. The van der Waals surface area contributed by atoms with E-state index in [9.17, 15) is 9.59 Å². The van der Waals surface area contributed by atoms with Crippen molar-refractivity contribution < 1.29 is 23.2 Å². The molecular formula is C20H16N4O5S2. The molecule has 0 radical (unpaired) electrons. The van der Waals surface area contributed by atoms with Crippen molar-refractivity contribution in [3.05, 3.63) is 53.9 Å². The fraction of sp³-hybridized carbons (Fsp3) is 0.150. The standard InChI is InChI=1S/C20H16N4O5S2/c1-2-27-19(26)16-13(14-4-3-9-28-14)10-30-18(16)22-15(25)11-31-20-24-23-17(29-20)12-5-7-21-8-6-12/h3-10H,2,11H2,1H3,(H,22,25). The van der Waals surface area contributed by atoms with Crippen LogP contribution in [0.4, 0.5) is 5.00 Å². The molecule has 0 unspecified atom stereocenters. The number of pyridine rings is 1. The molecule has 4 aromatic heterocycles. The van der Waals surface area contributed by atoms with Crippen LogP contribution in [0.1, 0.15) is 17.3 Å². The maximum absolute atomic E-state index is 12.5. The van der Waals surface area contributed by atoms with E-state index in [2.05, 4.69) is 20.5 Å². The second-order valence-corrected chi connectivity index (χ2v) is 7.80. The predicted molar refractivity (Wildman–Crippen MR) is 115 cm³/mol. The van der Waals surface area contributed by atoms with Crippen molar-refractivity contribution in [2.24, 2.45) is 0 Å². The quantitative estimate of drug-likeness (QED) is 0.304. The van der Waals surface area contributed by atoms with E-state index < -0.39 is 5.97 Å². The Bertz CT molecular complexity index is 1170. The zero-order chi connectivity index (χ0) is 21.6. The van der Waals surface area contributed by atoms with Gasteiger partial charge in [0.2, 0.25) is 11.8 Å². The topological polar surface area (TPSA) is 120 Å². The molecule has 4 rings (SSSR count). The fourth-order valence-electron chi connectivity index (χ4n) is 2.64. The van der Waals surface area contributed by atoms with Crippen LogP contribution in [0.3, 0.4) is 0 Å². The first-order chi connectivity index (χ1) is 15.2. The summed E-state index contributed by atoms with van der Waals surface area (Å²) in [5, 5.41) is 13.1. The third kappa shape index (κ3) is 4.84. The molecule has 11 heteroatoms. The molecule has 0 atom stereocenters. The average molecular weight is 457 g/mol. The number of nitrogens with one attached hydrogen (secondary N) is 1. The van der Waals surface area contributed by atoms with E-state index in [1.807, 2.05) is 0 Å². The molecule has 0 saturated carbocycles. The zero-order valence-electron chi connectivity index (χ0n) is 16.2. The molecule has 4 aromatic rings. The number of carbonyl (C=O) groups excluding carboxylic acids is 2. The Morgan fingerprint density at radius 3 is 2.81 bits per heavy atom. The largest absolute Gasteiger partial charge is 0.464 e. The molecule has 0 bridgehead atoms. The van der Waals surface area contributed by atoms with Gasteiger partial charge in [0.15, 0.2) is 0 Å². The molecule has 0 aromatic carbocycles. The van der Waals surface area contributed by atoms with Crippen LogP contribution in [0.2, 0.25) is 0 Å². The number of nitrogens with zero attached hydrogens (tertiary/aromatic N) is 3. The highest BCUT2D eigenvalue weighted by atomic mass is 32.2. The van der Waals surface area contributed by atoms with E-state index in [1.165, 1.54) is 17.6 Å². The summed E-state index contributed by atoms with van der Waals surface area (Å²) in [6, 6.07) is 6.96. The molecule has 9 nitrogen and oxygen atoms in total. The highest BCUT2D eigenvalue weighted by Gasteiger charge is 2.24. The van der Waals surface area contributed by atoms with E-state index in [0.29, 0.717) is 22.2 Å². The van der Waals surface area contributed by atoms with Gasteiger partial charge in [0, 0.05) is 28.9 Å². The van der Waals surface area contributed by atoms with Crippen molar-refractivity contribution in [1.82, 2.24) is 15.2 Å². The number of esters is 1. The third-order valence-electron chi connectivity index (χ3n) is 3.97. The Labute approximate surface area is 184 Å². The van der Waals surface area contributed by atoms with Gasteiger partial charge in [-0.15, -0.1) is 21.5 Å². The predicted octanol–water partition coefficient (Wildman–Crippen LogP) is 4.36. The minimum absolute atomic E-state index is 0.0221. The minimum atomic E-state index is -0.531. The lowest BCUT2D eigenvalue weighted by Gasteiger charge is -2.07. The monoisotopic (exact) mass is 456 g/mol. The van der Waals surface area contributed by atoms with Crippen molar-refractivity contribution >= 4 is 40.0 Å². The minimum Gasteiger partial charge on any atom is -0.464 e. The number of hydrogen-bond donors (Lipinski definition) is 1. The van der Waals surface area contributed by atoms with Gasteiger partial charge in [0.25, 0.3) is 5.22 Å². The van der Waals surface area contributed by atoms with Gasteiger partial charge in [-0.2, -0.15) is 0 Å². The molecule has 1 amide bonds. The maximum Gasteiger partial charge on any atom is 0.341 e. The van der Waals surface area contributed by atoms with Crippen LogP contribution < -0.4 is 5.32 Å². The number of thiophene rings is 1. The Hall–Kier alpha value is -3.44. The number of aromatic nitrogens is 3. The van der Waals surface area contributed by atoms with Crippen molar-refractivity contribution in [1.29, 1.82) is 0 Å². The number of ether oxygens (including phenoxy) is 1. The highest BCUT2D eigenvalue weighted by Crippen LogP contribution is 2.36. The molecule has 1 N–H and O–H groups in total. The van der Waals surface area contributed by atoms with Gasteiger partial charge in [-0.05, 0) is 31.2 Å². The Morgan fingerprint density at radius 2 is 2.06 bits per heavy atom. The zero-order valence-corrected chi connectivity index (χ0v) is 17.9. The molecule has 0 aliphatic carbocycles. The van der Waals surface area contributed by atoms with Crippen LogP contribution in [-0.4, -0.2) is 39.4 Å². The molecule has 4 heterocycles. The van der Waals surface area contributed by atoms with Gasteiger partial charge in [-0.25, -0.2) is 4.79 Å². The van der Waals surface area contributed by atoms with Crippen LogP contribution in [0, 0.1) is 0 Å². The van der Waals surface area contributed by atoms with Gasteiger partial charge < -0.3 is 18.9 Å². The van der Waals surface area contributed by atoms with Gasteiger partial charge in [-0.3, -0.25) is 9.78 Å². The maximum atomic E-state index is 12.5. The molecular weight excluding hydrogens is 440 g/mol. The number of thioether (sulfide) groups is 1. The van der Waals surface area contributed by atoms with Crippen molar-refractivity contribution in [2.45, 2.75) is 12.1 Å². The summed E-state index contributed by atoms with van der Waals surface area (Å²) in [5.74, 6) is 0.0257. The van der Waals surface area contributed by atoms with Gasteiger partial charge >= 0.3 is 5.97 Å². The molecule has 0 aliphatic rings. The van der Waals surface area contributed by atoms with Crippen molar-refractivity contribution in [3.8, 4) is 22.8 Å². The number of rotatable bonds is 8. The first kappa shape index (κ1) is 20.8. The highest BCUT2D eigenvalue weighted by molar-refractivity contribution is 7.99. The molecule has 0 aliphatic heterocycles. The Balaban J connectivity index is 1.44. The van der Waals surface area contributed by atoms with Crippen LogP contribution in [0.15, 0.2) is 62.4 Å². The Morgan fingerprint density at radius 1 is 1.23 bits per heavy atom. The number of furan rings is 1. The first-order valence-electron chi connectivity index (χ1n) is 9.14.